The van der Waals surface area contributed by atoms with Gasteiger partial charge in [-0.25, -0.2) is 8.78 Å². The Balaban J connectivity index is 2.87. The van der Waals surface area contributed by atoms with E-state index in [0.29, 0.717) is 16.7 Å². The Bertz CT molecular complexity index is 395. The van der Waals surface area contributed by atoms with Crippen molar-refractivity contribution in [3.8, 4) is 0 Å². The van der Waals surface area contributed by atoms with Gasteiger partial charge in [-0.3, -0.25) is 9.48 Å². The van der Waals surface area contributed by atoms with Crippen LogP contribution in [0.5, 0.6) is 0 Å². The highest BCUT2D eigenvalue weighted by Gasteiger charge is 2.21. The van der Waals surface area contributed by atoms with Crippen LogP contribution < -0.4 is 0 Å². The first-order chi connectivity index (χ1) is 7.95. The number of aryl methyl sites for hydroxylation is 2. The Labute approximate surface area is 107 Å². The lowest BCUT2D eigenvalue weighted by atomic mass is 10.3. The van der Waals surface area contributed by atoms with Crippen molar-refractivity contribution < 1.29 is 13.6 Å². The van der Waals surface area contributed by atoms with E-state index in [0.717, 1.165) is 4.90 Å². The van der Waals surface area contributed by atoms with Gasteiger partial charge in [0.05, 0.1) is 12.2 Å². The number of aromatic nitrogens is 2. The fourth-order valence-electron chi connectivity index (χ4n) is 1.52. The molecule has 0 bridgehead atoms. The van der Waals surface area contributed by atoms with Crippen LogP contribution in [-0.4, -0.2) is 45.4 Å². The number of hydrogen-bond donors (Lipinski definition) is 0. The standard InChI is InChI=1S/C10H14BrF2N3O/c1-7-5-8(15(2)14-7)10(17)16(4-3-11)6-9(12)13/h5,9H,3-4,6H2,1-2H3. The molecule has 17 heavy (non-hydrogen) atoms. The molecule has 1 aromatic heterocycles. The summed E-state index contributed by atoms with van der Waals surface area (Å²) in [6, 6.07) is 1.59. The van der Waals surface area contributed by atoms with Gasteiger partial charge in [0.25, 0.3) is 12.3 Å². The van der Waals surface area contributed by atoms with E-state index in [4.69, 9.17) is 0 Å². The van der Waals surface area contributed by atoms with E-state index in [1.165, 1.54) is 4.68 Å². The van der Waals surface area contributed by atoms with E-state index >= 15 is 0 Å². The van der Waals surface area contributed by atoms with Crippen LogP contribution in [-0.2, 0) is 7.05 Å². The molecule has 96 valence electrons. The van der Waals surface area contributed by atoms with Gasteiger partial charge in [0.15, 0.2) is 0 Å². The summed E-state index contributed by atoms with van der Waals surface area (Å²) in [5.41, 5.74) is 1.01. The predicted molar refractivity (Wildman–Crippen MR) is 63.6 cm³/mol. The van der Waals surface area contributed by atoms with Crippen molar-refractivity contribution >= 4 is 21.8 Å². The third kappa shape index (κ3) is 3.76. The normalized spacial score (nSPS) is 10.9. The van der Waals surface area contributed by atoms with Crippen LogP contribution in [0.4, 0.5) is 8.78 Å². The van der Waals surface area contributed by atoms with Gasteiger partial charge in [0.2, 0.25) is 0 Å². The second-order valence-corrected chi connectivity index (χ2v) is 4.42. The van der Waals surface area contributed by atoms with E-state index in [-0.39, 0.29) is 6.54 Å². The van der Waals surface area contributed by atoms with Crippen LogP contribution in [0.1, 0.15) is 16.2 Å². The number of hydrogen-bond acceptors (Lipinski definition) is 2. The maximum absolute atomic E-state index is 12.4. The fourth-order valence-corrected chi connectivity index (χ4v) is 1.95. The van der Waals surface area contributed by atoms with E-state index in [9.17, 15) is 13.6 Å². The molecule has 0 unspecified atom stereocenters. The Morgan fingerprint density at radius 3 is 2.71 bits per heavy atom. The Morgan fingerprint density at radius 2 is 2.29 bits per heavy atom. The van der Waals surface area contributed by atoms with Gasteiger partial charge in [-0.2, -0.15) is 5.10 Å². The zero-order valence-electron chi connectivity index (χ0n) is 9.66. The van der Waals surface area contributed by atoms with Gasteiger partial charge in [-0.15, -0.1) is 0 Å². The molecule has 1 rings (SSSR count). The van der Waals surface area contributed by atoms with Crippen LogP contribution in [0.25, 0.3) is 0 Å². The number of halogens is 3. The van der Waals surface area contributed by atoms with E-state index < -0.39 is 18.9 Å². The summed E-state index contributed by atoms with van der Waals surface area (Å²) >= 11 is 3.14. The maximum Gasteiger partial charge on any atom is 0.272 e. The number of alkyl halides is 3. The molecule has 1 heterocycles. The number of carbonyl (C=O) groups is 1. The highest BCUT2D eigenvalue weighted by Crippen LogP contribution is 2.09. The number of nitrogens with zero attached hydrogens (tertiary/aromatic N) is 3. The molecule has 0 aliphatic heterocycles. The van der Waals surface area contributed by atoms with Crippen molar-refractivity contribution in [1.29, 1.82) is 0 Å². The van der Waals surface area contributed by atoms with Gasteiger partial charge in [-0.1, -0.05) is 15.9 Å². The number of amides is 1. The molecular formula is C10H14BrF2N3O. The average molecular weight is 310 g/mol. The third-order valence-electron chi connectivity index (χ3n) is 2.22. The molecule has 0 saturated carbocycles. The Hall–Kier alpha value is -0.980. The molecule has 0 aliphatic carbocycles. The maximum atomic E-state index is 12.4. The minimum absolute atomic E-state index is 0.243. The Morgan fingerprint density at radius 1 is 1.65 bits per heavy atom. The molecule has 0 fully saturated rings. The van der Waals surface area contributed by atoms with Gasteiger partial charge < -0.3 is 4.90 Å². The van der Waals surface area contributed by atoms with Crippen molar-refractivity contribution in [2.45, 2.75) is 13.3 Å². The van der Waals surface area contributed by atoms with Gasteiger partial charge in [0.1, 0.15) is 5.69 Å². The van der Waals surface area contributed by atoms with Crippen molar-refractivity contribution in [2.75, 3.05) is 18.4 Å². The summed E-state index contributed by atoms with van der Waals surface area (Å²) in [6.45, 7) is 1.43. The summed E-state index contributed by atoms with van der Waals surface area (Å²) < 4.78 is 26.1. The summed E-state index contributed by atoms with van der Waals surface area (Å²) in [5.74, 6) is -0.423. The monoisotopic (exact) mass is 309 g/mol. The van der Waals surface area contributed by atoms with Gasteiger partial charge in [-0.05, 0) is 13.0 Å². The lowest BCUT2D eigenvalue weighted by Crippen LogP contribution is -2.37. The van der Waals surface area contributed by atoms with E-state index in [1.807, 2.05) is 0 Å². The number of carbonyl (C=O) groups excluding carboxylic acids is 1. The first kappa shape index (κ1) is 14.1. The number of rotatable bonds is 5. The first-order valence-electron chi connectivity index (χ1n) is 5.09. The van der Waals surface area contributed by atoms with Gasteiger partial charge in [0, 0.05) is 18.9 Å². The van der Waals surface area contributed by atoms with Gasteiger partial charge >= 0.3 is 0 Å². The van der Waals surface area contributed by atoms with Crippen LogP contribution >= 0.6 is 15.9 Å². The highest BCUT2D eigenvalue weighted by atomic mass is 79.9. The second-order valence-electron chi connectivity index (χ2n) is 3.63. The molecule has 4 nitrogen and oxygen atoms in total. The lowest BCUT2D eigenvalue weighted by Gasteiger charge is -2.21. The fraction of sp³-hybridized carbons (Fsp3) is 0.600. The van der Waals surface area contributed by atoms with E-state index in [1.54, 1.807) is 20.0 Å². The second kappa shape index (κ2) is 6.09. The molecule has 0 aromatic carbocycles. The molecule has 0 aliphatic rings. The van der Waals surface area contributed by atoms with Crippen LogP contribution in [0.2, 0.25) is 0 Å². The van der Waals surface area contributed by atoms with Crippen molar-refractivity contribution in [3.05, 3.63) is 17.5 Å². The highest BCUT2D eigenvalue weighted by molar-refractivity contribution is 9.09. The first-order valence-corrected chi connectivity index (χ1v) is 6.22. The molecule has 1 aromatic rings. The van der Waals surface area contributed by atoms with Crippen LogP contribution in [0, 0.1) is 6.92 Å². The zero-order valence-corrected chi connectivity index (χ0v) is 11.2. The molecule has 1 amide bonds. The topological polar surface area (TPSA) is 38.1 Å². The molecule has 0 N–H and O–H groups in total. The average Bonchev–Trinajstić information content (AvgIpc) is 2.55. The van der Waals surface area contributed by atoms with Crippen molar-refractivity contribution in [1.82, 2.24) is 14.7 Å². The molecular weight excluding hydrogens is 296 g/mol. The smallest absolute Gasteiger partial charge is 0.272 e. The molecule has 7 heteroatoms. The van der Waals surface area contributed by atoms with E-state index in [2.05, 4.69) is 21.0 Å². The van der Waals surface area contributed by atoms with Crippen molar-refractivity contribution in [2.24, 2.45) is 7.05 Å². The molecule has 0 atom stereocenters. The molecule has 0 spiro atoms. The quantitative estimate of drug-likeness (QED) is 0.778. The zero-order chi connectivity index (χ0) is 13.0. The summed E-state index contributed by atoms with van der Waals surface area (Å²) in [6.07, 6.45) is -2.53. The SMILES string of the molecule is Cc1cc(C(=O)N(CCBr)CC(F)F)n(C)n1. The lowest BCUT2D eigenvalue weighted by molar-refractivity contribution is 0.0563. The predicted octanol–water partition coefficient (Wildman–Crippen LogP) is 1.83. The molecule has 0 radical (unpaired) electrons. The van der Waals surface area contributed by atoms with Crippen LogP contribution in [0.15, 0.2) is 6.07 Å². The minimum atomic E-state index is -2.53. The third-order valence-corrected chi connectivity index (χ3v) is 2.58. The molecule has 0 saturated heterocycles. The van der Waals surface area contributed by atoms with Crippen molar-refractivity contribution in [3.63, 3.8) is 0 Å². The summed E-state index contributed by atoms with van der Waals surface area (Å²) in [5, 5.41) is 4.48. The summed E-state index contributed by atoms with van der Waals surface area (Å²) in [4.78, 5) is 13.1. The van der Waals surface area contributed by atoms with Crippen LogP contribution in [0.3, 0.4) is 0 Å². The largest absolute Gasteiger partial charge is 0.331 e. The Kier molecular flexibility index (Phi) is 5.04. The minimum Gasteiger partial charge on any atom is -0.331 e. The summed E-state index contributed by atoms with van der Waals surface area (Å²) in [7, 11) is 1.62.